The first kappa shape index (κ1) is 16.1. The molecular formula is C18H26N2O3. The molecule has 1 aromatic carbocycles. The zero-order chi connectivity index (χ0) is 16.3. The van der Waals surface area contributed by atoms with Crippen LogP contribution in [0.5, 0.6) is 11.5 Å². The van der Waals surface area contributed by atoms with Crippen molar-refractivity contribution in [1.29, 1.82) is 0 Å². The molecule has 2 saturated heterocycles. The van der Waals surface area contributed by atoms with Gasteiger partial charge in [0.2, 0.25) is 0 Å². The van der Waals surface area contributed by atoms with Crippen LogP contribution in [-0.2, 0) is 4.79 Å². The molecule has 5 heteroatoms. The maximum Gasteiger partial charge on any atom is 0.263 e. The van der Waals surface area contributed by atoms with Crippen LogP contribution in [0.1, 0.15) is 26.2 Å². The van der Waals surface area contributed by atoms with Crippen molar-refractivity contribution in [3.63, 3.8) is 0 Å². The fourth-order valence-electron chi connectivity index (χ4n) is 3.59. The maximum atomic E-state index is 12.6. The lowest BCUT2D eigenvalue weighted by molar-refractivity contribution is -0.140. The molecule has 126 valence electrons. The van der Waals surface area contributed by atoms with Crippen molar-refractivity contribution in [2.45, 2.75) is 32.3 Å². The predicted octanol–water partition coefficient (Wildman–Crippen LogP) is 2.06. The molecule has 2 heterocycles. The highest BCUT2D eigenvalue weighted by molar-refractivity contribution is 5.81. The third kappa shape index (κ3) is 3.61. The maximum absolute atomic E-state index is 12.6. The Morgan fingerprint density at radius 1 is 1.17 bits per heavy atom. The van der Waals surface area contributed by atoms with Crippen molar-refractivity contribution in [3.05, 3.63) is 24.3 Å². The normalized spacial score (nSPS) is 21.2. The molecule has 2 aliphatic rings. The average molecular weight is 318 g/mol. The molecule has 0 radical (unpaired) electrons. The summed E-state index contributed by atoms with van der Waals surface area (Å²) >= 11 is 0. The summed E-state index contributed by atoms with van der Waals surface area (Å²) in [6.07, 6.45) is 2.98. The smallest absolute Gasteiger partial charge is 0.263 e. The van der Waals surface area contributed by atoms with Gasteiger partial charge in [0, 0.05) is 19.6 Å². The first-order valence-corrected chi connectivity index (χ1v) is 8.42. The van der Waals surface area contributed by atoms with E-state index in [4.69, 9.17) is 9.47 Å². The van der Waals surface area contributed by atoms with Crippen LogP contribution in [0.4, 0.5) is 0 Å². The Labute approximate surface area is 137 Å². The van der Waals surface area contributed by atoms with Crippen molar-refractivity contribution in [1.82, 2.24) is 10.2 Å². The number of hydrogen-bond acceptors (Lipinski definition) is 4. The van der Waals surface area contributed by atoms with Crippen molar-refractivity contribution in [2.75, 3.05) is 33.3 Å². The second-order valence-corrected chi connectivity index (χ2v) is 6.69. The van der Waals surface area contributed by atoms with Crippen molar-refractivity contribution < 1.29 is 14.3 Å². The Morgan fingerprint density at radius 2 is 1.83 bits per heavy atom. The lowest BCUT2D eigenvalue weighted by atomic mass is 9.78. The zero-order valence-corrected chi connectivity index (χ0v) is 14.0. The van der Waals surface area contributed by atoms with Crippen LogP contribution in [0.3, 0.4) is 0 Å². The molecule has 1 aromatic rings. The van der Waals surface area contributed by atoms with Gasteiger partial charge in [0.05, 0.1) is 7.11 Å². The van der Waals surface area contributed by atoms with E-state index in [1.165, 1.54) is 6.42 Å². The SMILES string of the molecule is COc1ccc(OC(C)C(=O)N2CCC3(CCNC3)CC2)cc1. The lowest BCUT2D eigenvalue weighted by Crippen LogP contribution is -2.48. The number of piperidine rings is 1. The zero-order valence-electron chi connectivity index (χ0n) is 14.0. The quantitative estimate of drug-likeness (QED) is 0.923. The molecule has 2 fully saturated rings. The minimum absolute atomic E-state index is 0.0848. The standard InChI is InChI=1S/C18H26N2O3/c1-14(23-16-5-3-15(22-2)4-6-16)17(21)20-11-8-18(9-12-20)7-10-19-13-18/h3-6,14,19H,7-13H2,1-2H3. The number of carbonyl (C=O) groups excluding carboxylic acids is 1. The lowest BCUT2D eigenvalue weighted by Gasteiger charge is -2.39. The van der Waals surface area contributed by atoms with Gasteiger partial charge in [-0.25, -0.2) is 0 Å². The highest BCUT2D eigenvalue weighted by Crippen LogP contribution is 2.37. The topological polar surface area (TPSA) is 50.8 Å². The fourth-order valence-corrected chi connectivity index (χ4v) is 3.59. The Hall–Kier alpha value is -1.75. The molecule has 1 unspecified atom stereocenters. The van der Waals surface area contributed by atoms with Gasteiger partial charge in [-0.3, -0.25) is 4.79 Å². The molecule has 0 bridgehead atoms. The highest BCUT2D eigenvalue weighted by Gasteiger charge is 2.38. The number of likely N-dealkylation sites (tertiary alicyclic amines) is 1. The number of methoxy groups -OCH3 is 1. The summed E-state index contributed by atoms with van der Waals surface area (Å²) in [7, 11) is 1.63. The van der Waals surface area contributed by atoms with Gasteiger partial charge in [-0.15, -0.1) is 0 Å². The third-order valence-electron chi connectivity index (χ3n) is 5.19. The molecule has 1 N–H and O–H groups in total. The number of amides is 1. The molecular weight excluding hydrogens is 292 g/mol. The van der Waals surface area contributed by atoms with E-state index < -0.39 is 6.10 Å². The van der Waals surface area contributed by atoms with Crippen molar-refractivity contribution in [3.8, 4) is 11.5 Å². The van der Waals surface area contributed by atoms with Crippen LogP contribution < -0.4 is 14.8 Å². The number of nitrogens with zero attached hydrogens (tertiary/aromatic N) is 1. The van der Waals surface area contributed by atoms with Crippen LogP contribution in [0, 0.1) is 5.41 Å². The van der Waals surface area contributed by atoms with E-state index in [0.717, 1.165) is 44.8 Å². The van der Waals surface area contributed by atoms with Crippen LogP contribution in [0.2, 0.25) is 0 Å². The molecule has 0 saturated carbocycles. The number of nitrogens with one attached hydrogen (secondary N) is 1. The van der Waals surface area contributed by atoms with Gasteiger partial charge < -0.3 is 19.7 Å². The Balaban J connectivity index is 1.53. The summed E-state index contributed by atoms with van der Waals surface area (Å²) in [4.78, 5) is 14.5. The number of benzene rings is 1. The van der Waals surface area contributed by atoms with E-state index in [0.29, 0.717) is 11.2 Å². The molecule has 5 nitrogen and oxygen atoms in total. The van der Waals surface area contributed by atoms with E-state index in [-0.39, 0.29) is 5.91 Å². The minimum Gasteiger partial charge on any atom is -0.497 e. The van der Waals surface area contributed by atoms with E-state index in [9.17, 15) is 4.79 Å². The molecule has 1 atom stereocenters. The second kappa shape index (κ2) is 6.79. The summed E-state index contributed by atoms with van der Waals surface area (Å²) in [6, 6.07) is 7.34. The summed E-state index contributed by atoms with van der Waals surface area (Å²) in [5, 5.41) is 3.45. The Kier molecular flexibility index (Phi) is 4.76. The number of hydrogen-bond donors (Lipinski definition) is 1. The summed E-state index contributed by atoms with van der Waals surface area (Å²) in [6.45, 7) is 5.74. The van der Waals surface area contributed by atoms with E-state index in [1.54, 1.807) is 7.11 Å². The fraction of sp³-hybridized carbons (Fsp3) is 0.611. The number of rotatable bonds is 4. The number of ether oxygens (including phenoxy) is 2. The molecule has 3 rings (SSSR count). The Bertz CT molecular complexity index is 528. The average Bonchev–Trinajstić information content (AvgIpc) is 3.03. The van der Waals surface area contributed by atoms with Gasteiger partial charge in [-0.1, -0.05) is 0 Å². The van der Waals surface area contributed by atoms with Gasteiger partial charge in [0.1, 0.15) is 11.5 Å². The van der Waals surface area contributed by atoms with Crippen LogP contribution >= 0.6 is 0 Å². The first-order valence-electron chi connectivity index (χ1n) is 8.42. The van der Waals surface area contributed by atoms with Gasteiger partial charge in [-0.2, -0.15) is 0 Å². The second-order valence-electron chi connectivity index (χ2n) is 6.69. The highest BCUT2D eigenvalue weighted by atomic mass is 16.5. The van der Waals surface area contributed by atoms with Crippen LogP contribution in [-0.4, -0.2) is 50.2 Å². The van der Waals surface area contributed by atoms with Crippen molar-refractivity contribution >= 4 is 5.91 Å². The van der Waals surface area contributed by atoms with Gasteiger partial charge in [0.25, 0.3) is 5.91 Å². The largest absolute Gasteiger partial charge is 0.497 e. The summed E-state index contributed by atoms with van der Waals surface area (Å²) in [5.41, 5.74) is 0.427. The summed E-state index contributed by atoms with van der Waals surface area (Å²) < 4.78 is 10.9. The van der Waals surface area contributed by atoms with Gasteiger partial charge >= 0.3 is 0 Å². The third-order valence-corrected chi connectivity index (χ3v) is 5.19. The number of carbonyl (C=O) groups is 1. The van der Waals surface area contributed by atoms with E-state index >= 15 is 0 Å². The van der Waals surface area contributed by atoms with Crippen molar-refractivity contribution in [2.24, 2.45) is 5.41 Å². The van der Waals surface area contributed by atoms with E-state index in [1.807, 2.05) is 36.1 Å². The first-order chi connectivity index (χ1) is 11.1. The molecule has 2 aliphatic heterocycles. The molecule has 1 spiro atoms. The van der Waals surface area contributed by atoms with Crippen LogP contribution in [0.25, 0.3) is 0 Å². The molecule has 0 aromatic heterocycles. The Morgan fingerprint density at radius 3 is 2.39 bits per heavy atom. The van der Waals surface area contributed by atoms with Gasteiger partial charge in [-0.05, 0) is 62.4 Å². The van der Waals surface area contributed by atoms with Gasteiger partial charge in [0.15, 0.2) is 6.10 Å². The minimum atomic E-state index is -0.459. The molecule has 23 heavy (non-hydrogen) atoms. The summed E-state index contributed by atoms with van der Waals surface area (Å²) in [5.74, 6) is 1.56. The monoisotopic (exact) mass is 318 g/mol. The van der Waals surface area contributed by atoms with Crippen LogP contribution in [0.15, 0.2) is 24.3 Å². The predicted molar refractivity (Wildman–Crippen MR) is 88.8 cm³/mol. The molecule has 0 aliphatic carbocycles. The molecule has 1 amide bonds. The van der Waals surface area contributed by atoms with E-state index in [2.05, 4.69) is 5.32 Å².